The number of hydrogen-bond donors (Lipinski definition) is 1. The maximum atomic E-state index is 13.4. The van der Waals surface area contributed by atoms with E-state index in [-0.39, 0.29) is 11.9 Å². The van der Waals surface area contributed by atoms with Crippen LogP contribution in [0.2, 0.25) is 0 Å². The summed E-state index contributed by atoms with van der Waals surface area (Å²) in [5.41, 5.74) is 7.73. The Morgan fingerprint density at radius 3 is 2.89 bits per heavy atom. The first-order chi connectivity index (χ1) is 9.13. The van der Waals surface area contributed by atoms with Crippen LogP contribution in [-0.4, -0.2) is 31.2 Å². The highest BCUT2D eigenvalue weighted by molar-refractivity contribution is 5.27. The van der Waals surface area contributed by atoms with E-state index in [1.165, 1.54) is 6.07 Å². The average Bonchev–Trinajstić information content (AvgIpc) is 2.41. The third kappa shape index (κ3) is 3.53. The van der Waals surface area contributed by atoms with Crippen LogP contribution in [0.25, 0.3) is 0 Å². The molecule has 0 radical (unpaired) electrons. The van der Waals surface area contributed by atoms with E-state index in [4.69, 9.17) is 10.5 Å². The van der Waals surface area contributed by atoms with Crippen molar-refractivity contribution in [3.63, 3.8) is 0 Å². The van der Waals surface area contributed by atoms with Gasteiger partial charge in [-0.2, -0.15) is 0 Å². The Hall–Kier alpha value is -0.970. The predicted octanol–water partition coefficient (Wildman–Crippen LogP) is 2.14. The predicted molar refractivity (Wildman–Crippen MR) is 74.1 cm³/mol. The molecule has 2 unspecified atom stereocenters. The number of ether oxygens (including phenoxy) is 1. The maximum Gasteiger partial charge on any atom is 0.123 e. The van der Waals surface area contributed by atoms with Crippen LogP contribution in [0.15, 0.2) is 18.2 Å². The van der Waals surface area contributed by atoms with Gasteiger partial charge in [0.15, 0.2) is 0 Å². The molecule has 1 saturated heterocycles. The van der Waals surface area contributed by atoms with Gasteiger partial charge in [0, 0.05) is 26.7 Å². The molecule has 106 valence electrons. The molecule has 1 aliphatic heterocycles. The highest BCUT2D eigenvalue weighted by Crippen LogP contribution is 2.22. The molecule has 2 rings (SSSR count). The molecule has 4 heteroatoms. The number of nitrogens with two attached hydrogens (primary N) is 1. The van der Waals surface area contributed by atoms with E-state index in [0.717, 1.165) is 37.2 Å². The van der Waals surface area contributed by atoms with E-state index in [0.29, 0.717) is 12.5 Å². The summed E-state index contributed by atoms with van der Waals surface area (Å²) in [5.74, 6) is 0.392. The molecule has 1 heterocycles. The van der Waals surface area contributed by atoms with Gasteiger partial charge in [-0.25, -0.2) is 4.39 Å². The van der Waals surface area contributed by atoms with Gasteiger partial charge in [0.1, 0.15) is 5.82 Å². The van der Waals surface area contributed by atoms with Crippen molar-refractivity contribution in [3.05, 3.63) is 35.1 Å². The normalized spacial score (nSPS) is 24.6. The van der Waals surface area contributed by atoms with Crippen LogP contribution in [0.3, 0.4) is 0 Å². The van der Waals surface area contributed by atoms with Crippen molar-refractivity contribution in [3.8, 4) is 0 Å². The fourth-order valence-corrected chi connectivity index (χ4v) is 2.73. The smallest absolute Gasteiger partial charge is 0.123 e. The van der Waals surface area contributed by atoms with E-state index in [1.807, 2.05) is 0 Å². The van der Waals surface area contributed by atoms with Crippen LogP contribution < -0.4 is 5.73 Å². The number of benzene rings is 1. The van der Waals surface area contributed by atoms with Crippen molar-refractivity contribution in [1.29, 1.82) is 0 Å². The Balaban J connectivity index is 2.06. The average molecular weight is 266 g/mol. The summed E-state index contributed by atoms with van der Waals surface area (Å²) in [6, 6.07) is 4.86. The first-order valence-electron chi connectivity index (χ1n) is 6.86. The second-order valence-electron chi connectivity index (χ2n) is 5.39. The van der Waals surface area contributed by atoms with Gasteiger partial charge in [-0.15, -0.1) is 0 Å². The Labute approximate surface area is 114 Å². The minimum Gasteiger partial charge on any atom is -0.380 e. The van der Waals surface area contributed by atoms with Gasteiger partial charge in [0.05, 0.1) is 6.10 Å². The van der Waals surface area contributed by atoms with Crippen molar-refractivity contribution in [2.45, 2.75) is 32.5 Å². The van der Waals surface area contributed by atoms with Crippen molar-refractivity contribution in [2.24, 2.45) is 11.7 Å². The molecule has 2 atom stereocenters. The molecule has 0 aliphatic carbocycles. The summed E-state index contributed by atoms with van der Waals surface area (Å²) in [5, 5.41) is 0. The largest absolute Gasteiger partial charge is 0.380 e. The molecule has 1 aliphatic rings. The minimum atomic E-state index is -0.194. The van der Waals surface area contributed by atoms with Crippen LogP contribution >= 0.6 is 0 Å². The molecular weight excluding hydrogens is 243 g/mol. The lowest BCUT2D eigenvalue weighted by Crippen LogP contribution is -2.43. The monoisotopic (exact) mass is 266 g/mol. The fraction of sp³-hybridized carbons (Fsp3) is 0.600. The van der Waals surface area contributed by atoms with Crippen LogP contribution in [0.5, 0.6) is 0 Å². The van der Waals surface area contributed by atoms with E-state index < -0.39 is 0 Å². The zero-order valence-corrected chi connectivity index (χ0v) is 11.7. The molecular formula is C15H23FN2O. The second kappa shape index (κ2) is 6.46. The summed E-state index contributed by atoms with van der Waals surface area (Å²) in [6.45, 7) is 5.35. The molecule has 0 saturated carbocycles. The number of methoxy groups -OCH3 is 1. The SMILES string of the molecule is COC1CN(Cc2cc(F)ccc2CN)CCC1C. The minimum absolute atomic E-state index is 0.194. The zero-order valence-electron chi connectivity index (χ0n) is 11.7. The summed E-state index contributed by atoms with van der Waals surface area (Å²) in [7, 11) is 1.76. The molecule has 1 fully saturated rings. The first-order valence-corrected chi connectivity index (χ1v) is 6.86. The Kier molecular flexibility index (Phi) is 4.91. The number of hydrogen-bond acceptors (Lipinski definition) is 3. The van der Waals surface area contributed by atoms with Crippen molar-refractivity contribution in [2.75, 3.05) is 20.2 Å². The standard InChI is InChI=1S/C15H23FN2O/c1-11-5-6-18(10-15(11)19-2)9-13-7-14(16)4-3-12(13)8-17/h3-4,7,11,15H,5-6,8-10,17H2,1-2H3. The van der Waals surface area contributed by atoms with Crippen LogP contribution in [-0.2, 0) is 17.8 Å². The van der Waals surface area contributed by atoms with Gasteiger partial charge >= 0.3 is 0 Å². The maximum absolute atomic E-state index is 13.4. The molecule has 2 N–H and O–H groups in total. The lowest BCUT2D eigenvalue weighted by atomic mass is 9.95. The quantitative estimate of drug-likeness (QED) is 0.907. The first kappa shape index (κ1) is 14.4. The second-order valence-corrected chi connectivity index (χ2v) is 5.39. The third-order valence-electron chi connectivity index (χ3n) is 4.06. The highest BCUT2D eigenvalue weighted by Gasteiger charge is 2.26. The van der Waals surface area contributed by atoms with Crippen LogP contribution in [0.4, 0.5) is 4.39 Å². The van der Waals surface area contributed by atoms with Gasteiger partial charge in [0.2, 0.25) is 0 Å². The van der Waals surface area contributed by atoms with Gasteiger partial charge in [-0.3, -0.25) is 4.90 Å². The van der Waals surface area contributed by atoms with Crippen LogP contribution in [0.1, 0.15) is 24.5 Å². The summed E-state index contributed by atoms with van der Waals surface area (Å²) < 4.78 is 18.9. The van der Waals surface area contributed by atoms with Crippen molar-refractivity contribution < 1.29 is 9.13 Å². The third-order valence-corrected chi connectivity index (χ3v) is 4.06. The lowest BCUT2D eigenvalue weighted by molar-refractivity contribution is -0.00753. The summed E-state index contributed by atoms with van der Waals surface area (Å²) >= 11 is 0. The van der Waals surface area contributed by atoms with Crippen LogP contribution in [0, 0.1) is 11.7 Å². The number of rotatable bonds is 4. The van der Waals surface area contributed by atoms with Gasteiger partial charge in [-0.05, 0) is 42.1 Å². The molecule has 0 amide bonds. The molecule has 3 nitrogen and oxygen atoms in total. The van der Waals surface area contributed by atoms with Crippen molar-refractivity contribution in [1.82, 2.24) is 4.90 Å². The Morgan fingerprint density at radius 1 is 1.42 bits per heavy atom. The van der Waals surface area contributed by atoms with Gasteiger partial charge < -0.3 is 10.5 Å². The number of likely N-dealkylation sites (tertiary alicyclic amines) is 1. The van der Waals surface area contributed by atoms with E-state index in [9.17, 15) is 4.39 Å². The molecule has 0 bridgehead atoms. The lowest BCUT2D eigenvalue weighted by Gasteiger charge is -2.36. The molecule has 1 aromatic carbocycles. The summed E-state index contributed by atoms with van der Waals surface area (Å²) in [4.78, 5) is 2.32. The Bertz CT molecular complexity index is 425. The number of piperidine rings is 1. The van der Waals surface area contributed by atoms with Gasteiger partial charge in [-0.1, -0.05) is 13.0 Å². The van der Waals surface area contributed by atoms with E-state index in [2.05, 4.69) is 11.8 Å². The zero-order chi connectivity index (χ0) is 13.8. The molecule has 19 heavy (non-hydrogen) atoms. The van der Waals surface area contributed by atoms with Gasteiger partial charge in [0.25, 0.3) is 0 Å². The Morgan fingerprint density at radius 2 is 2.21 bits per heavy atom. The van der Waals surface area contributed by atoms with E-state index >= 15 is 0 Å². The summed E-state index contributed by atoms with van der Waals surface area (Å²) in [6.07, 6.45) is 1.38. The molecule has 0 aromatic heterocycles. The topological polar surface area (TPSA) is 38.5 Å². The molecule has 0 spiro atoms. The number of halogens is 1. The highest BCUT2D eigenvalue weighted by atomic mass is 19.1. The fourth-order valence-electron chi connectivity index (χ4n) is 2.73. The van der Waals surface area contributed by atoms with Crippen molar-refractivity contribution >= 4 is 0 Å². The van der Waals surface area contributed by atoms with E-state index in [1.54, 1.807) is 19.2 Å². The molecule has 1 aromatic rings. The number of nitrogens with zero attached hydrogens (tertiary/aromatic N) is 1.